The average molecular weight is 308 g/mol. The second-order valence-corrected chi connectivity index (χ2v) is 4.93. The summed E-state index contributed by atoms with van der Waals surface area (Å²) in [5.74, 6) is 0.0453. The largest absolute Gasteiger partial charge is 0.508 e. The molecule has 2 aromatic rings. The lowest BCUT2D eigenvalue weighted by molar-refractivity contribution is -0.130. The quantitative estimate of drug-likeness (QED) is 0.678. The van der Waals surface area contributed by atoms with E-state index < -0.39 is 0 Å². The highest BCUT2D eigenvalue weighted by Gasteiger charge is 2.08. The fraction of sp³-hybridized carbons (Fsp3) is 0.176. The molecule has 0 heterocycles. The van der Waals surface area contributed by atoms with Gasteiger partial charge in [0.1, 0.15) is 5.75 Å². The number of carbonyl (C=O) groups is 1. The van der Waals surface area contributed by atoms with E-state index in [9.17, 15) is 9.90 Å². The molecule has 0 saturated heterocycles. The third-order valence-corrected chi connectivity index (χ3v) is 3.22. The van der Waals surface area contributed by atoms with Gasteiger partial charge in [-0.3, -0.25) is 4.79 Å². The van der Waals surface area contributed by atoms with Gasteiger partial charge < -0.3 is 5.11 Å². The normalized spacial score (nSPS) is 10.4. The maximum atomic E-state index is 12.0. The molecule has 0 aliphatic carbocycles. The first-order valence-corrected chi connectivity index (χ1v) is 7.05. The summed E-state index contributed by atoms with van der Waals surface area (Å²) < 4.78 is 0. The zero-order chi connectivity index (χ0) is 16.7. The van der Waals surface area contributed by atoms with Crippen LogP contribution in [-0.4, -0.2) is 23.1 Å². The van der Waals surface area contributed by atoms with Crippen molar-refractivity contribution in [3.63, 3.8) is 0 Å². The first-order chi connectivity index (χ1) is 11.1. The van der Waals surface area contributed by atoms with Gasteiger partial charge in [-0.25, -0.2) is 5.01 Å². The van der Waals surface area contributed by atoms with E-state index >= 15 is 0 Å². The maximum Gasteiger partial charge on any atom is 0.244 e. The predicted molar refractivity (Wildman–Crippen MR) is 84.9 cm³/mol. The molecule has 0 spiro atoms. The van der Waals surface area contributed by atoms with Crippen LogP contribution in [0.15, 0.2) is 58.9 Å². The van der Waals surface area contributed by atoms with Crippen LogP contribution < -0.4 is 0 Å². The molecular formula is C17H16N4O2. The maximum absolute atomic E-state index is 12.0. The summed E-state index contributed by atoms with van der Waals surface area (Å²) in [6, 6.07) is 15.4. The van der Waals surface area contributed by atoms with E-state index in [0.717, 1.165) is 5.56 Å². The molecule has 2 rings (SSSR count). The Hall–Kier alpha value is -3.20. The molecule has 0 aliphatic rings. The van der Waals surface area contributed by atoms with Crippen LogP contribution in [0.5, 0.6) is 5.75 Å². The molecule has 0 fully saturated rings. The Kier molecular flexibility index (Phi) is 5.42. The fourth-order valence-electron chi connectivity index (χ4n) is 1.85. The van der Waals surface area contributed by atoms with Crippen molar-refractivity contribution < 1.29 is 9.90 Å². The molecule has 0 aliphatic heterocycles. The Morgan fingerprint density at radius 2 is 1.83 bits per heavy atom. The van der Waals surface area contributed by atoms with Crippen LogP contribution in [0.2, 0.25) is 0 Å². The van der Waals surface area contributed by atoms with Crippen LogP contribution in [0.25, 0.3) is 0 Å². The molecule has 116 valence electrons. The van der Waals surface area contributed by atoms with Crippen molar-refractivity contribution in [3.05, 3.63) is 59.7 Å². The zero-order valence-electron chi connectivity index (χ0n) is 12.7. The number of rotatable bonds is 5. The summed E-state index contributed by atoms with van der Waals surface area (Å²) >= 11 is 0. The molecule has 0 radical (unpaired) electrons. The van der Waals surface area contributed by atoms with Crippen LogP contribution in [0.1, 0.15) is 17.5 Å². The monoisotopic (exact) mass is 308 g/mol. The van der Waals surface area contributed by atoms with Crippen molar-refractivity contribution >= 4 is 11.6 Å². The summed E-state index contributed by atoms with van der Waals surface area (Å²) in [6.07, 6.45) is 0.865. The molecule has 0 unspecified atom stereocenters. The number of nitriles is 1. The lowest BCUT2D eigenvalue weighted by Gasteiger charge is -2.09. The van der Waals surface area contributed by atoms with E-state index in [2.05, 4.69) is 10.3 Å². The van der Waals surface area contributed by atoms with Gasteiger partial charge in [-0.2, -0.15) is 5.26 Å². The molecule has 23 heavy (non-hydrogen) atoms. The number of amides is 1. The van der Waals surface area contributed by atoms with Crippen molar-refractivity contribution in [1.29, 1.82) is 5.26 Å². The van der Waals surface area contributed by atoms with Gasteiger partial charge in [0.05, 0.1) is 17.3 Å². The van der Waals surface area contributed by atoms with Crippen LogP contribution in [0.3, 0.4) is 0 Å². The molecule has 0 bridgehead atoms. The summed E-state index contributed by atoms with van der Waals surface area (Å²) in [6.45, 7) is 0. The molecule has 6 nitrogen and oxygen atoms in total. The first kappa shape index (κ1) is 16.2. The van der Waals surface area contributed by atoms with Crippen molar-refractivity contribution in [2.75, 3.05) is 7.05 Å². The number of aryl methyl sites for hydroxylation is 1. The Morgan fingerprint density at radius 3 is 2.43 bits per heavy atom. The second kappa shape index (κ2) is 7.71. The number of phenolic OH excluding ortho intramolecular Hbond substituents is 1. The molecule has 0 atom stereocenters. The number of carbonyl (C=O) groups excluding carboxylic acids is 1. The van der Waals surface area contributed by atoms with Gasteiger partial charge >= 0.3 is 0 Å². The van der Waals surface area contributed by atoms with Gasteiger partial charge in [-0.1, -0.05) is 17.4 Å². The van der Waals surface area contributed by atoms with Crippen LogP contribution >= 0.6 is 0 Å². The van der Waals surface area contributed by atoms with Crippen molar-refractivity contribution in [1.82, 2.24) is 5.01 Å². The van der Waals surface area contributed by atoms with Gasteiger partial charge in [0.2, 0.25) is 5.91 Å². The van der Waals surface area contributed by atoms with E-state index in [1.165, 1.54) is 5.01 Å². The highest BCUT2D eigenvalue weighted by atomic mass is 16.3. The molecule has 2 aromatic carbocycles. The van der Waals surface area contributed by atoms with Crippen molar-refractivity contribution in [3.8, 4) is 11.8 Å². The Morgan fingerprint density at radius 1 is 1.17 bits per heavy atom. The molecule has 1 amide bonds. The summed E-state index contributed by atoms with van der Waals surface area (Å²) in [4.78, 5) is 12.0. The second-order valence-electron chi connectivity index (χ2n) is 4.93. The number of hydrogen-bond donors (Lipinski definition) is 1. The van der Waals surface area contributed by atoms with Gasteiger partial charge in [0, 0.05) is 13.5 Å². The van der Waals surface area contributed by atoms with E-state index in [0.29, 0.717) is 24.1 Å². The molecule has 0 saturated carbocycles. The average Bonchev–Trinajstić information content (AvgIpc) is 2.59. The Balaban J connectivity index is 1.87. The standard InChI is InChI=1S/C17H16N4O2/c1-21(20-19-15-7-2-14(12-18)3-8-15)17(23)11-6-13-4-9-16(22)10-5-13/h2-5,7-10,22H,6,11H2,1H3. The fourth-order valence-corrected chi connectivity index (χ4v) is 1.85. The number of hydrogen-bond acceptors (Lipinski definition) is 5. The van der Waals surface area contributed by atoms with Gasteiger partial charge in [0.15, 0.2) is 0 Å². The SMILES string of the molecule is CN(N=Nc1ccc(C#N)cc1)C(=O)CCc1ccc(O)cc1. The zero-order valence-corrected chi connectivity index (χ0v) is 12.7. The Bertz CT molecular complexity index is 731. The smallest absolute Gasteiger partial charge is 0.244 e. The van der Waals surface area contributed by atoms with Crippen LogP contribution in [0.4, 0.5) is 5.69 Å². The number of phenols is 1. The summed E-state index contributed by atoms with van der Waals surface area (Å²) in [7, 11) is 1.55. The van der Waals surface area contributed by atoms with Gasteiger partial charge in [0.25, 0.3) is 0 Å². The van der Waals surface area contributed by atoms with E-state index in [1.54, 1.807) is 55.6 Å². The topological polar surface area (TPSA) is 89.0 Å². The highest BCUT2D eigenvalue weighted by molar-refractivity contribution is 5.75. The number of aromatic hydroxyl groups is 1. The molecule has 0 aromatic heterocycles. The number of benzene rings is 2. The lowest BCUT2D eigenvalue weighted by atomic mass is 10.1. The first-order valence-electron chi connectivity index (χ1n) is 7.05. The molecule has 1 N–H and O–H groups in total. The van der Waals surface area contributed by atoms with Gasteiger partial charge in [-0.15, -0.1) is 5.11 Å². The minimum Gasteiger partial charge on any atom is -0.508 e. The van der Waals surface area contributed by atoms with E-state index in [4.69, 9.17) is 5.26 Å². The third-order valence-electron chi connectivity index (χ3n) is 3.22. The van der Waals surface area contributed by atoms with E-state index in [1.807, 2.05) is 6.07 Å². The predicted octanol–water partition coefficient (Wildman–Crippen LogP) is 3.35. The van der Waals surface area contributed by atoms with Crippen molar-refractivity contribution in [2.24, 2.45) is 10.3 Å². The van der Waals surface area contributed by atoms with Gasteiger partial charge in [-0.05, 0) is 48.4 Å². The molecule has 6 heteroatoms. The van der Waals surface area contributed by atoms with E-state index in [-0.39, 0.29) is 11.7 Å². The minimum absolute atomic E-state index is 0.157. The minimum atomic E-state index is -0.157. The lowest BCUT2D eigenvalue weighted by Crippen LogP contribution is -2.20. The number of nitrogens with zero attached hydrogens (tertiary/aromatic N) is 4. The van der Waals surface area contributed by atoms with Crippen molar-refractivity contribution in [2.45, 2.75) is 12.8 Å². The van der Waals surface area contributed by atoms with Crippen LogP contribution in [0, 0.1) is 11.3 Å². The molecular weight excluding hydrogens is 292 g/mol. The highest BCUT2D eigenvalue weighted by Crippen LogP contribution is 2.14. The Labute approximate surface area is 134 Å². The third kappa shape index (κ3) is 4.93. The summed E-state index contributed by atoms with van der Waals surface area (Å²) in [5.41, 5.74) is 2.08. The van der Waals surface area contributed by atoms with Crippen LogP contribution in [-0.2, 0) is 11.2 Å². The summed E-state index contributed by atoms with van der Waals surface area (Å²) in [5, 5.41) is 26.9.